The maximum atomic E-state index is 9.80. The lowest BCUT2D eigenvalue weighted by molar-refractivity contribution is 0.149. The second kappa shape index (κ2) is 5.91. The molecule has 0 aromatic carbocycles. The van der Waals surface area contributed by atoms with E-state index in [1.165, 1.54) is 0 Å². The van der Waals surface area contributed by atoms with Gasteiger partial charge in [0.2, 0.25) is 0 Å². The van der Waals surface area contributed by atoms with Crippen molar-refractivity contribution in [2.75, 3.05) is 11.5 Å². The predicted octanol–water partition coefficient (Wildman–Crippen LogP) is 2.51. The molecule has 1 fully saturated rings. The Bertz CT molecular complexity index is 349. The molecule has 0 bridgehead atoms. The lowest BCUT2D eigenvalue weighted by atomic mass is 10.0. The smallest absolute Gasteiger partial charge is 0.0670 e. The Balaban J connectivity index is 1.98. The van der Waals surface area contributed by atoms with Crippen LogP contribution in [0.5, 0.6) is 0 Å². The van der Waals surface area contributed by atoms with Gasteiger partial charge in [0.1, 0.15) is 0 Å². The molecule has 1 saturated heterocycles. The number of aliphatic hydroxyl groups is 1. The van der Waals surface area contributed by atoms with Crippen molar-refractivity contribution >= 4 is 11.8 Å². The monoisotopic (exact) mass is 254 g/mol. The molecule has 4 heteroatoms. The summed E-state index contributed by atoms with van der Waals surface area (Å²) in [6.45, 7) is 4.40. The first-order valence-electron chi connectivity index (χ1n) is 6.54. The molecule has 2 heterocycles. The van der Waals surface area contributed by atoms with E-state index in [0.29, 0.717) is 12.0 Å². The first-order valence-corrected chi connectivity index (χ1v) is 7.69. The third-order valence-electron chi connectivity index (χ3n) is 3.62. The van der Waals surface area contributed by atoms with E-state index in [0.717, 1.165) is 36.5 Å². The summed E-state index contributed by atoms with van der Waals surface area (Å²) in [5.41, 5.74) is 1.13. The zero-order valence-corrected chi connectivity index (χ0v) is 11.5. The van der Waals surface area contributed by atoms with Gasteiger partial charge in [-0.3, -0.25) is 4.68 Å². The first kappa shape index (κ1) is 13.0. The number of rotatable bonds is 5. The van der Waals surface area contributed by atoms with E-state index in [1.54, 1.807) is 0 Å². The fourth-order valence-corrected chi connectivity index (χ4v) is 3.70. The van der Waals surface area contributed by atoms with Gasteiger partial charge in [-0.25, -0.2) is 0 Å². The molecular formula is C13H22N2OS. The minimum atomic E-state index is -0.140. The highest BCUT2D eigenvalue weighted by Crippen LogP contribution is 2.27. The van der Waals surface area contributed by atoms with Crippen LogP contribution in [0.1, 0.15) is 38.4 Å². The topological polar surface area (TPSA) is 38.0 Å². The number of thioether (sulfide) groups is 1. The average Bonchev–Trinajstić information content (AvgIpc) is 2.92. The van der Waals surface area contributed by atoms with Gasteiger partial charge in [-0.05, 0) is 31.1 Å². The summed E-state index contributed by atoms with van der Waals surface area (Å²) in [5.74, 6) is 2.35. The van der Waals surface area contributed by atoms with Crippen molar-refractivity contribution in [3.8, 4) is 0 Å². The van der Waals surface area contributed by atoms with E-state index in [2.05, 4.69) is 35.9 Å². The van der Waals surface area contributed by atoms with Crippen LogP contribution in [0.4, 0.5) is 0 Å². The molecule has 0 spiro atoms. The van der Waals surface area contributed by atoms with Crippen LogP contribution in [-0.2, 0) is 6.42 Å². The Kier molecular flexibility index (Phi) is 4.51. The van der Waals surface area contributed by atoms with Crippen molar-refractivity contribution in [2.45, 2.75) is 45.3 Å². The molecule has 3 nitrogen and oxygen atoms in total. The zero-order valence-electron chi connectivity index (χ0n) is 10.7. The van der Waals surface area contributed by atoms with E-state index in [1.807, 2.05) is 11.8 Å². The van der Waals surface area contributed by atoms with Gasteiger partial charge in [-0.1, -0.05) is 13.8 Å². The molecule has 0 radical (unpaired) electrons. The number of aromatic nitrogens is 2. The molecule has 2 rings (SSSR count). The average molecular weight is 254 g/mol. The van der Waals surface area contributed by atoms with Crippen molar-refractivity contribution in [3.63, 3.8) is 0 Å². The van der Waals surface area contributed by atoms with E-state index < -0.39 is 0 Å². The molecule has 17 heavy (non-hydrogen) atoms. The lowest BCUT2D eigenvalue weighted by Gasteiger charge is -2.13. The van der Waals surface area contributed by atoms with Crippen LogP contribution in [0.15, 0.2) is 12.3 Å². The summed E-state index contributed by atoms with van der Waals surface area (Å²) in [6, 6.07) is 2.63. The van der Waals surface area contributed by atoms with Crippen molar-refractivity contribution < 1.29 is 5.11 Å². The lowest BCUT2D eigenvalue weighted by Crippen LogP contribution is -2.20. The Morgan fingerprint density at radius 2 is 2.24 bits per heavy atom. The van der Waals surface area contributed by atoms with Crippen LogP contribution in [0.25, 0.3) is 0 Å². The van der Waals surface area contributed by atoms with Gasteiger partial charge in [-0.2, -0.15) is 16.9 Å². The maximum absolute atomic E-state index is 9.80. The van der Waals surface area contributed by atoms with Crippen molar-refractivity contribution in [2.24, 2.45) is 5.92 Å². The maximum Gasteiger partial charge on any atom is 0.0670 e. The second-order valence-electron chi connectivity index (χ2n) is 4.83. The Morgan fingerprint density at radius 1 is 1.47 bits per heavy atom. The van der Waals surface area contributed by atoms with Crippen LogP contribution < -0.4 is 0 Å². The van der Waals surface area contributed by atoms with E-state index in [4.69, 9.17) is 0 Å². The van der Waals surface area contributed by atoms with Gasteiger partial charge in [0, 0.05) is 17.9 Å². The molecule has 96 valence electrons. The van der Waals surface area contributed by atoms with E-state index in [-0.39, 0.29) is 6.10 Å². The molecule has 1 aromatic heterocycles. The third-order valence-corrected chi connectivity index (χ3v) is 4.86. The van der Waals surface area contributed by atoms with Crippen molar-refractivity contribution in [3.05, 3.63) is 18.0 Å². The molecule has 2 unspecified atom stereocenters. The summed E-state index contributed by atoms with van der Waals surface area (Å²) >= 11 is 1.85. The van der Waals surface area contributed by atoms with Crippen LogP contribution in [0.3, 0.4) is 0 Å². The number of aliphatic hydroxyl groups excluding tert-OH is 1. The number of hydrogen-bond donors (Lipinski definition) is 1. The summed E-state index contributed by atoms with van der Waals surface area (Å²) in [5, 5.41) is 14.4. The zero-order chi connectivity index (χ0) is 12.3. The third kappa shape index (κ3) is 3.05. The largest absolute Gasteiger partial charge is 0.392 e. The minimum absolute atomic E-state index is 0.140. The van der Waals surface area contributed by atoms with E-state index in [9.17, 15) is 5.11 Å². The van der Waals surface area contributed by atoms with Gasteiger partial charge in [0.15, 0.2) is 0 Å². The predicted molar refractivity (Wildman–Crippen MR) is 72.4 cm³/mol. The number of hydrogen-bond acceptors (Lipinski definition) is 3. The summed E-state index contributed by atoms with van der Waals surface area (Å²) < 4.78 is 2.09. The molecule has 1 aromatic rings. The number of nitrogens with zero attached hydrogens (tertiary/aromatic N) is 2. The second-order valence-corrected chi connectivity index (χ2v) is 5.90. The quantitative estimate of drug-likeness (QED) is 0.877. The molecule has 2 atom stereocenters. The summed E-state index contributed by atoms with van der Waals surface area (Å²) in [4.78, 5) is 0. The van der Waals surface area contributed by atoms with Crippen LogP contribution in [-0.4, -0.2) is 32.5 Å². The summed E-state index contributed by atoms with van der Waals surface area (Å²) in [6.07, 6.45) is 5.11. The van der Waals surface area contributed by atoms with Crippen LogP contribution in [0.2, 0.25) is 0 Å². The molecule has 0 saturated carbocycles. The van der Waals surface area contributed by atoms with Crippen LogP contribution >= 0.6 is 11.8 Å². The SMILES string of the molecule is CCC(CC)n1ccc(CC2CSCC2O)n1. The molecular weight excluding hydrogens is 232 g/mol. The minimum Gasteiger partial charge on any atom is -0.392 e. The van der Waals surface area contributed by atoms with Crippen LogP contribution in [0, 0.1) is 5.92 Å². The van der Waals surface area contributed by atoms with Crippen molar-refractivity contribution in [1.82, 2.24) is 9.78 Å². The highest BCUT2D eigenvalue weighted by Gasteiger charge is 2.26. The molecule has 0 amide bonds. The Morgan fingerprint density at radius 3 is 2.82 bits per heavy atom. The van der Waals surface area contributed by atoms with E-state index >= 15 is 0 Å². The van der Waals surface area contributed by atoms with Gasteiger partial charge in [-0.15, -0.1) is 0 Å². The van der Waals surface area contributed by atoms with Gasteiger partial charge in [0.05, 0.1) is 17.8 Å². The molecule has 1 aliphatic heterocycles. The highest BCUT2D eigenvalue weighted by atomic mass is 32.2. The first-order chi connectivity index (χ1) is 8.24. The Hall–Kier alpha value is -0.480. The van der Waals surface area contributed by atoms with Gasteiger partial charge >= 0.3 is 0 Å². The molecule has 1 N–H and O–H groups in total. The van der Waals surface area contributed by atoms with Crippen molar-refractivity contribution in [1.29, 1.82) is 0 Å². The summed E-state index contributed by atoms with van der Waals surface area (Å²) in [7, 11) is 0. The fourth-order valence-electron chi connectivity index (χ4n) is 2.40. The standard InChI is InChI=1S/C13H22N2OS/c1-3-12(4-2)15-6-5-11(14-15)7-10-8-17-9-13(10)16/h5-6,10,12-13,16H,3-4,7-9H2,1-2H3. The Labute approximate surface area is 108 Å². The molecule has 1 aliphatic rings. The highest BCUT2D eigenvalue weighted by molar-refractivity contribution is 7.99. The van der Waals surface area contributed by atoms with Gasteiger partial charge in [0.25, 0.3) is 0 Å². The fraction of sp³-hybridized carbons (Fsp3) is 0.769. The normalized spacial score (nSPS) is 24.7. The molecule has 0 aliphatic carbocycles. The van der Waals surface area contributed by atoms with Gasteiger partial charge < -0.3 is 5.11 Å².